The topological polar surface area (TPSA) is 98.9 Å². The number of aryl methyl sites for hydroxylation is 1. The van der Waals surface area contributed by atoms with E-state index in [2.05, 4.69) is 5.32 Å². The van der Waals surface area contributed by atoms with Crippen molar-refractivity contribution in [3.05, 3.63) is 34.2 Å². The highest BCUT2D eigenvalue weighted by Gasteiger charge is 2.59. The molecule has 1 unspecified atom stereocenters. The summed E-state index contributed by atoms with van der Waals surface area (Å²) in [5.41, 5.74) is 1.38. The van der Waals surface area contributed by atoms with Crippen molar-refractivity contribution < 1.29 is 24.2 Å². The molecule has 0 aromatic carbocycles. The number of amides is 1. The van der Waals surface area contributed by atoms with Crippen molar-refractivity contribution in [2.45, 2.75) is 49.8 Å². The molecule has 2 fully saturated rings. The lowest BCUT2D eigenvalue weighted by molar-refractivity contribution is -0.508. The summed E-state index contributed by atoms with van der Waals surface area (Å²) < 4.78 is 3.85. The predicted molar refractivity (Wildman–Crippen MR) is 130 cm³/mol. The number of imidazole rings is 1. The lowest BCUT2D eigenvalue weighted by Crippen LogP contribution is -2.63. The molecule has 11 heteroatoms. The summed E-state index contributed by atoms with van der Waals surface area (Å²) in [7, 11) is 1.95. The number of hydrogen-bond donors (Lipinski definition) is 3. The highest BCUT2D eigenvalue weighted by atomic mass is 127. The molecule has 2 saturated heterocycles. The monoisotopic (exact) mass is 589 g/mol. The lowest BCUT2D eigenvalue weighted by atomic mass is 9.79. The van der Waals surface area contributed by atoms with Crippen LogP contribution in [0.25, 0.3) is 4.83 Å². The molecular formula is C21H26IN4O4S2+. The number of hydrogen-bond acceptors (Lipinski definition) is 7. The number of nitrogens with zero attached hydrogens (tertiary/aromatic N) is 3. The van der Waals surface area contributed by atoms with Gasteiger partial charge in [0.1, 0.15) is 18.0 Å². The van der Waals surface area contributed by atoms with Crippen LogP contribution in [0.1, 0.15) is 32.1 Å². The van der Waals surface area contributed by atoms with Gasteiger partial charge >= 0.3 is 0 Å². The van der Waals surface area contributed by atoms with E-state index in [0.29, 0.717) is 5.70 Å². The van der Waals surface area contributed by atoms with Gasteiger partial charge in [-0.25, -0.2) is 4.57 Å². The number of halogens is 1. The van der Waals surface area contributed by atoms with Gasteiger partial charge in [-0.05, 0) is 13.3 Å². The van der Waals surface area contributed by atoms with Crippen molar-refractivity contribution >= 4 is 60.2 Å². The molecule has 5 rings (SSSR count). The van der Waals surface area contributed by atoms with Gasteiger partial charge in [0, 0.05) is 56.6 Å². The Bertz CT molecular complexity index is 1130. The van der Waals surface area contributed by atoms with Gasteiger partial charge in [0.15, 0.2) is 5.69 Å². The van der Waals surface area contributed by atoms with Gasteiger partial charge in [-0.1, -0.05) is 18.3 Å². The minimum Gasteiger partial charge on any atom is -0.393 e. The number of nitrogens with one attached hydrogen (secondary N) is 1. The van der Waals surface area contributed by atoms with E-state index in [1.165, 1.54) is 0 Å². The van der Waals surface area contributed by atoms with Gasteiger partial charge in [0.2, 0.25) is 20.9 Å². The van der Waals surface area contributed by atoms with E-state index in [-0.39, 0.29) is 32.9 Å². The molecule has 3 aliphatic rings. The quantitative estimate of drug-likeness (QED) is 0.204. The summed E-state index contributed by atoms with van der Waals surface area (Å²) in [4.78, 5) is 28.7. The molecule has 8 nitrogen and oxygen atoms in total. The molecule has 0 radical (unpaired) electrons. The van der Waals surface area contributed by atoms with E-state index in [1.54, 1.807) is 57.5 Å². The number of rotatable bonds is 6. The average Bonchev–Trinajstić information content (AvgIpc) is 3.46. The third-order valence-corrected chi connectivity index (χ3v) is 9.83. The predicted octanol–water partition coefficient (Wildman–Crippen LogP) is 1.35. The number of aliphatic hydroxyl groups excluding tert-OH is 2. The third kappa shape index (κ3) is 3.38. The average molecular weight is 590 g/mol. The van der Waals surface area contributed by atoms with E-state index < -0.39 is 18.1 Å². The summed E-state index contributed by atoms with van der Waals surface area (Å²) in [5.74, 6) is -0.607. The number of allylic oxidation sites excluding steroid dienone is 1. The number of aliphatic hydroxyl groups is 2. The Hall–Kier alpha value is -0.990. The van der Waals surface area contributed by atoms with Crippen molar-refractivity contribution in [2.24, 2.45) is 18.9 Å². The first kappa shape index (κ1) is 22.8. The molecule has 2 aromatic heterocycles. The van der Waals surface area contributed by atoms with Gasteiger partial charge in [-0.3, -0.25) is 9.59 Å². The highest BCUT2D eigenvalue weighted by Crippen LogP contribution is 2.52. The van der Waals surface area contributed by atoms with Gasteiger partial charge in [-0.2, -0.15) is 4.40 Å². The first-order valence-corrected chi connectivity index (χ1v) is 13.5. The molecule has 3 aliphatic heterocycles. The van der Waals surface area contributed by atoms with Gasteiger partial charge in [0.05, 0.1) is 25.1 Å². The molecule has 0 bridgehead atoms. The fourth-order valence-electron chi connectivity index (χ4n) is 5.40. The number of fused-ring (bicyclic) bond motifs is 2. The summed E-state index contributed by atoms with van der Waals surface area (Å²) in [6.45, 7) is 4.40. The van der Waals surface area contributed by atoms with E-state index >= 15 is 0 Å². The Kier molecular flexibility index (Phi) is 5.94. The number of thiazole rings is 1. The summed E-state index contributed by atoms with van der Waals surface area (Å²) >= 11 is 5.01. The van der Waals surface area contributed by atoms with Crippen LogP contribution in [0.2, 0.25) is 0 Å². The molecule has 172 valence electrons. The maximum Gasteiger partial charge on any atom is 0.249 e. The van der Waals surface area contributed by atoms with Crippen LogP contribution < -0.4 is 9.72 Å². The molecule has 1 amide bonds. The largest absolute Gasteiger partial charge is 0.393 e. The molecule has 32 heavy (non-hydrogen) atoms. The molecule has 3 N–H and O–H groups in total. The second-order valence-corrected chi connectivity index (χ2v) is 12.1. The summed E-state index contributed by atoms with van der Waals surface area (Å²) in [6.07, 6.45) is 3.33. The minimum atomic E-state index is -0.731. The summed E-state index contributed by atoms with van der Waals surface area (Å²) in [6, 6.07) is -0.242. The van der Waals surface area contributed by atoms with Crippen molar-refractivity contribution in [3.8, 4) is 0 Å². The van der Waals surface area contributed by atoms with Crippen LogP contribution in [-0.2, 0) is 16.6 Å². The zero-order chi connectivity index (χ0) is 22.9. The van der Waals surface area contributed by atoms with Crippen LogP contribution in [0.3, 0.4) is 0 Å². The fraction of sp³-hybridized carbons (Fsp3) is 0.571. The van der Waals surface area contributed by atoms with Gasteiger partial charge < -0.3 is 20.4 Å². The first-order chi connectivity index (χ1) is 15.2. The number of carbonyl (C=O) groups is 2. The highest BCUT2D eigenvalue weighted by molar-refractivity contribution is 14.1. The van der Waals surface area contributed by atoms with Crippen LogP contribution in [0.5, 0.6) is 0 Å². The second kappa shape index (κ2) is 8.35. The maximum atomic E-state index is 12.6. The molecule has 2 aromatic rings. The fourth-order valence-corrected chi connectivity index (χ4v) is 8.57. The lowest BCUT2D eigenvalue weighted by Gasteiger charge is -2.46. The van der Waals surface area contributed by atoms with E-state index in [4.69, 9.17) is 0 Å². The SMILES string of the molecule is C[C@@H](O)[C@H]1C(=O)N2C(C(=O)I)=C(S[C@@H]3CN[C@H](C(O)c4c5scc[n+]5cn4C)C3)[C@H](C)[C@H]12. The molecular weight excluding hydrogens is 563 g/mol. The number of aromatic nitrogens is 2. The standard InChI is InChI=1S/C21H26IN4O4S2/c1-9-14-13(10(2)27)20(30)26(14)16(19(22)29)18(9)32-11-6-12(23-7-11)17(28)15-21-25(4-5-31-21)8-24(15)3/h4-5,8-14,17,23,27-28H,6-7H2,1-3H3/q+1/t9-,10-,11+,12+,13-,14-,17?/m1/s1. The maximum absolute atomic E-state index is 12.6. The Labute approximate surface area is 207 Å². The Morgan fingerprint density at radius 2 is 2.19 bits per heavy atom. The Morgan fingerprint density at radius 1 is 1.44 bits per heavy atom. The third-order valence-electron chi connectivity index (χ3n) is 6.91. The normalized spacial score (nSPS) is 31.9. The first-order valence-electron chi connectivity index (χ1n) is 10.7. The Balaban J connectivity index is 1.34. The van der Waals surface area contributed by atoms with Crippen LogP contribution >= 0.6 is 45.7 Å². The van der Waals surface area contributed by atoms with Gasteiger partial charge in [0.25, 0.3) is 0 Å². The van der Waals surface area contributed by atoms with Crippen LogP contribution in [0.4, 0.5) is 0 Å². The van der Waals surface area contributed by atoms with Crippen LogP contribution in [0.15, 0.2) is 28.5 Å². The van der Waals surface area contributed by atoms with Crippen molar-refractivity contribution in [1.82, 2.24) is 14.8 Å². The molecule has 0 aliphatic carbocycles. The summed E-state index contributed by atoms with van der Waals surface area (Å²) in [5, 5.41) is 26.9. The number of thioether (sulfide) groups is 1. The molecule has 0 saturated carbocycles. The molecule has 5 heterocycles. The smallest absolute Gasteiger partial charge is 0.249 e. The van der Waals surface area contributed by atoms with Gasteiger partial charge in [-0.15, -0.1) is 11.8 Å². The van der Waals surface area contributed by atoms with Crippen molar-refractivity contribution in [2.75, 3.05) is 6.54 Å². The van der Waals surface area contributed by atoms with E-state index in [1.807, 2.05) is 40.8 Å². The molecule has 7 atom stereocenters. The minimum absolute atomic E-state index is 0.00464. The van der Waals surface area contributed by atoms with E-state index in [0.717, 1.165) is 28.4 Å². The van der Waals surface area contributed by atoms with Crippen LogP contribution in [-0.4, -0.2) is 59.4 Å². The van der Waals surface area contributed by atoms with E-state index in [9.17, 15) is 19.8 Å². The number of carbonyl (C=O) groups excluding carboxylic acids is 2. The number of β-lactam (4-membered cyclic amide) rings is 1. The molecule has 0 spiro atoms. The van der Waals surface area contributed by atoms with Crippen LogP contribution in [0, 0.1) is 11.8 Å². The zero-order valence-electron chi connectivity index (χ0n) is 17.9. The van der Waals surface area contributed by atoms with Crippen molar-refractivity contribution in [1.29, 1.82) is 0 Å². The second-order valence-electron chi connectivity index (χ2n) is 8.90. The zero-order valence-corrected chi connectivity index (χ0v) is 21.7. The Morgan fingerprint density at radius 3 is 2.88 bits per heavy atom. The van der Waals surface area contributed by atoms with Crippen molar-refractivity contribution in [3.63, 3.8) is 0 Å².